The molecule has 1 fully saturated rings. The van der Waals surface area contributed by atoms with Gasteiger partial charge in [0.05, 0.1) is 17.4 Å². The molecule has 2 aromatic rings. The predicted molar refractivity (Wildman–Crippen MR) is 92.8 cm³/mol. The van der Waals surface area contributed by atoms with E-state index in [2.05, 4.69) is 21.6 Å². The molecule has 1 atom stereocenters. The Kier molecular flexibility index (Phi) is 4.63. The summed E-state index contributed by atoms with van der Waals surface area (Å²) in [5.74, 6) is 0. The number of carbonyl (C=O) groups is 1. The minimum atomic E-state index is -0.160. The number of anilines is 2. The molecule has 1 aliphatic rings. The van der Waals surface area contributed by atoms with Crippen molar-refractivity contribution in [2.24, 2.45) is 0 Å². The molecule has 4 nitrogen and oxygen atoms in total. The van der Waals surface area contributed by atoms with E-state index in [1.165, 1.54) is 12.8 Å². The highest BCUT2D eigenvalue weighted by molar-refractivity contribution is 7.10. The first kappa shape index (κ1) is 14.9. The molecule has 5 heteroatoms. The van der Waals surface area contributed by atoms with Gasteiger partial charge in [-0.1, -0.05) is 18.2 Å². The van der Waals surface area contributed by atoms with Gasteiger partial charge in [0, 0.05) is 18.0 Å². The number of nitrogens with zero attached hydrogens (tertiary/aromatic N) is 1. The molecular weight excluding hydrogens is 294 g/mol. The van der Waals surface area contributed by atoms with Crippen molar-refractivity contribution in [2.45, 2.75) is 25.8 Å². The van der Waals surface area contributed by atoms with Gasteiger partial charge < -0.3 is 15.5 Å². The van der Waals surface area contributed by atoms with Crippen molar-refractivity contribution in [1.29, 1.82) is 0 Å². The third-order valence-electron chi connectivity index (χ3n) is 3.92. The molecule has 1 saturated heterocycles. The summed E-state index contributed by atoms with van der Waals surface area (Å²) in [5, 5.41) is 8.01. The lowest BCUT2D eigenvalue weighted by Crippen LogP contribution is -2.31. The molecule has 1 aromatic carbocycles. The molecule has 22 heavy (non-hydrogen) atoms. The number of para-hydroxylation sites is 2. The zero-order valence-electron chi connectivity index (χ0n) is 12.7. The van der Waals surface area contributed by atoms with Crippen LogP contribution in [-0.4, -0.2) is 19.1 Å². The van der Waals surface area contributed by atoms with Gasteiger partial charge in [0.25, 0.3) is 0 Å². The van der Waals surface area contributed by atoms with Gasteiger partial charge in [-0.3, -0.25) is 0 Å². The van der Waals surface area contributed by atoms with Crippen LogP contribution < -0.4 is 15.5 Å². The number of hydrogen-bond acceptors (Lipinski definition) is 3. The molecule has 2 heterocycles. The SMILES string of the molecule is C[C@H](NC(=O)Nc1ccccc1N1CCCC1)c1cccs1. The van der Waals surface area contributed by atoms with Crippen LogP contribution in [0.5, 0.6) is 0 Å². The number of amides is 2. The second-order valence-corrected chi connectivity index (χ2v) is 6.53. The molecule has 0 saturated carbocycles. The van der Waals surface area contributed by atoms with Gasteiger partial charge in [0.15, 0.2) is 0 Å². The summed E-state index contributed by atoms with van der Waals surface area (Å²) in [7, 11) is 0. The lowest BCUT2D eigenvalue weighted by atomic mass is 10.2. The van der Waals surface area contributed by atoms with Crippen LogP contribution in [0, 0.1) is 0 Å². The maximum atomic E-state index is 12.2. The molecule has 0 spiro atoms. The van der Waals surface area contributed by atoms with Gasteiger partial charge in [-0.05, 0) is 43.3 Å². The summed E-state index contributed by atoms with van der Waals surface area (Å²) in [4.78, 5) is 15.7. The first-order valence-electron chi connectivity index (χ1n) is 7.69. The van der Waals surface area contributed by atoms with Crippen LogP contribution in [0.3, 0.4) is 0 Å². The fourth-order valence-electron chi connectivity index (χ4n) is 2.78. The molecule has 116 valence electrons. The van der Waals surface area contributed by atoms with Crippen LogP contribution in [0.25, 0.3) is 0 Å². The van der Waals surface area contributed by atoms with Gasteiger partial charge in [-0.25, -0.2) is 4.79 Å². The third-order valence-corrected chi connectivity index (χ3v) is 4.97. The summed E-state index contributed by atoms with van der Waals surface area (Å²) in [5.41, 5.74) is 1.99. The molecule has 1 aliphatic heterocycles. The Bertz CT molecular complexity index is 621. The Morgan fingerprint density at radius 2 is 1.95 bits per heavy atom. The Morgan fingerprint density at radius 3 is 2.68 bits per heavy atom. The average Bonchev–Trinajstić information content (AvgIpc) is 3.21. The second-order valence-electron chi connectivity index (χ2n) is 5.55. The Balaban J connectivity index is 1.66. The number of urea groups is 1. The van der Waals surface area contributed by atoms with Crippen molar-refractivity contribution in [3.05, 3.63) is 46.7 Å². The number of hydrogen-bond donors (Lipinski definition) is 2. The quantitative estimate of drug-likeness (QED) is 0.886. The largest absolute Gasteiger partial charge is 0.370 e. The van der Waals surface area contributed by atoms with E-state index in [-0.39, 0.29) is 12.1 Å². The fourth-order valence-corrected chi connectivity index (χ4v) is 3.51. The van der Waals surface area contributed by atoms with Crippen LogP contribution in [0.15, 0.2) is 41.8 Å². The van der Waals surface area contributed by atoms with E-state index in [9.17, 15) is 4.79 Å². The minimum Gasteiger partial charge on any atom is -0.370 e. The van der Waals surface area contributed by atoms with Gasteiger partial charge in [0.1, 0.15) is 0 Å². The lowest BCUT2D eigenvalue weighted by molar-refractivity contribution is 0.249. The second kappa shape index (κ2) is 6.83. The van der Waals surface area contributed by atoms with Gasteiger partial charge in [0.2, 0.25) is 0 Å². The number of thiophene rings is 1. The fraction of sp³-hybridized carbons (Fsp3) is 0.353. The number of benzene rings is 1. The summed E-state index contributed by atoms with van der Waals surface area (Å²) in [6.45, 7) is 4.12. The smallest absolute Gasteiger partial charge is 0.319 e. The average molecular weight is 315 g/mol. The Labute approximate surface area is 135 Å². The van der Waals surface area contributed by atoms with E-state index in [4.69, 9.17) is 0 Å². The van der Waals surface area contributed by atoms with Crippen molar-refractivity contribution in [2.75, 3.05) is 23.3 Å². The summed E-state index contributed by atoms with van der Waals surface area (Å²) >= 11 is 1.65. The summed E-state index contributed by atoms with van der Waals surface area (Å²) < 4.78 is 0. The van der Waals surface area contributed by atoms with Crippen LogP contribution in [0.2, 0.25) is 0 Å². The summed E-state index contributed by atoms with van der Waals surface area (Å²) in [6, 6.07) is 11.9. The highest BCUT2D eigenvalue weighted by Gasteiger charge is 2.17. The molecule has 3 rings (SSSR count). The third kappa shape index (κ3) is 3.42. The molecule has 1 aromatic heterocycles. The van der Waals surface area contributed by atoms with Crippen molar-refractivity contribution >= 4 is 28.7 Å². The van der Waals surface area contributed by atoms with Crippen LogP contribution in [0.1, 0.15) is 30.7 Å². The predicted octanol–water partition coefficient (Wildman–Crippen LogP) is 4.23. The standard InChI is InChI=1S/C17H21N3OS/c1-13(16-9-6-12-22-16)18-17(21)19-14-7-2-3-8-15(14)20-10-4-5-11-20/h2-3,6-9,12-13H,4-5,10-11H2,1H3,(H2,18,19,21)/t13-/m0/s1. The van der Waals surface area contributed by atoms with Crippen molar-refractivity contribution in [1.82, 2.24) is 5.32 Å². The Hall–Kier alpha value is -2.01. The monoisotopic (exact) mass is 315 g/mol. The number of nitrogens with one attached hydrogen (secondary N) is 2. The Morgan fingerprint density at radius 1 is 1.18 bits per heavy atom. The van der Waals surface area contributed by atoms with Crippen molar-refractivity contribution in [3.8, 4) is 0 Å². The van der Waals surface area contributed by atoms with E-state index >= 15 is 0 Å². The molecular formula is C17H21N3OS. The maximum absolute atomic E-state index is 12.2. The van der Waals surface area contributed by atoms with Crippen LogP contribution in [-0.2, 0) is 0 Å². The maximum Gasteiger partial charge on any atom is 0.319 e. The normalized spacial score (nSPS) is 15.6. The molecule has 0 aliphatic carbocycles. The topological polar surface area (TPSA) is 44.4 Å². The van der Waals surface area contributed by atoms with E-state index in [0.717, 1.165) is 29.3 Å². The van der Waals surface area contributed by atoms with E-state index < -0.39 is 0 Å². The zero-order valence-corrected chi connectivity index (χ0v) is 13.5. The van der Waals surface area contributed by atoms with E-state index in [0.29, 0.717) is 0 Å². The highest BCUT2D eigenvalue weighted by atomic mass is 32.1. The van der Waals surface area contributed by atoms with Gasteiger partial charge >= 0.3 is 6.03 Å². The minimum absolute atomic E-state index is 0.0129. The summed E-state index contributed by atoms with van der Waals surface area (Å²) in [6.07, 6.45) is 2.44. The zero-order chi connectivity index (χ0) is 15.4. The first-order valence-corrected chi connectivity index (χ1v) is 8.57. The number of carbonyl (C=O) groups excluding carboxylic acids is 1. The van der Waals surface area contributed by atoms with Gasteiger partial charge in [-0.15, -0.1) is 11.3 Å². The van der Waals surface area contributed by atoms with Crippen molar-refractivity contribution in [3.63, 3.8) is 0 Å². The van der Waals surface area contributed by atoms with Crippen LogP contribution >= 0.6 is 11.3 Å². The van der Waals surface area contributed by atoms with E-state index in [1.807, 2.05) is 42.6 Å². The molecule has 0 bridgehead atoms. The molecule has 2 amide bonds. The number of rotatable bonds is 4. The van der Waals surface area contributed by atoms with Crippen LogP contribution in [0.4, 0.5) is 16.2 Å². The van der Waals surface area contributed by atoms with Crippen molar-refractivity contribution < 1.29 is 4.79 Å². The van der Waals surface area contributed by atoms with Gasteiger partial charge in [-0.2, -0.15) is 0 Å². The van der Waals surface area contributed by atoms with E-state index in [1.54, 1.807) is 11.3 Å². The molecule has 2 N–H and O–H groups in total. The molecule has 0 radical (unpaired) electrons. The molecule has 0 unspecified atom stereocenters. The highest BCUT2D eigenvalue weighted by Crippen LogP contribution is 2.28. The lowest BCUT2D eigenvalue weighted by Gasteiger charge is -2.22. The first-order chi connectivity index (χ1) is 10.7.